The van der Waals surface area contributed by atoms with Gasteiger partial charge in [-0.2, -0.15) is 0 Å². The van der Waals surface area contributed by atoms with E-state index in [4.69, 9.17) is 0 Å². The maximum Gasteiger partial charge on any atom is 0.0437 e. The Kier molecular flexibility index (Phi) is 3.92. The van der Waals surface area contributed by atoms with Crippen molar-refractivity contribution in [3.8, 4) is 0 Å². The van der Waals surface area contributed by atoms with Crippen molar-refractivity contribution in [2.75, 3.05) is 26.0 Å². The zero-order valence-electron chi connectivity index (χ0n) is 10.1. The summed E-state index contributed by atoms with van der Waals surface area (Å²) >= 11 is 0. The Morgan fingerprint density at radius 2 is 2.07 bits per heavy atom. The molecule has 0 spiro atoms. The van der Waals surface area contributed by atoms with E-state index < -0.39 is 0 Å². The van der Waals surface area contributed by atoms with Crippen LogP contribution in [0.3, 0.4) is 0 Å². The van der Waals surface area contributed by atoms with Gasteiger partial charge in [-0.1, -0.05) is 18.7 Å². The van der Waals surface area contributed by atoms with Crippen LogP contribution in [0, 0.1) is 6.92 Å². The molecule has 0 atom stereocenters. The average Bonchev–Trinajstić information content (AvgIpc) is 2.20. The largest absolute Gasteiger partial charge is 0.377 e. The number of anilines is 1. The second-order valence-corrected chi connectivity index (χ2v) is 3.92. The summed E-state index contributed by atoms with van der Waals surface area (Å²) in [7, 11) is 6.08. The monoisotopic (exact) mass is 204 g/mol. The fourth-order valence-corrected chi connectivity index (χ4v) is 1.79. The summed E-state index contributed by atoms with van der Waals surface area (Å²) in [5.74, 6) is 0. The Morgan fingerprint density at radius 1 is 1.40 bits per heavy atom. The Labute approximate surface area is 92.6 Å². The molecule has 0 fully saturated rings. The lowest BCUT2D eigenvalue weighted by molar-refractivity contribution is 0.810. The summed E-state index contributed by atoms with van der Waals surface area (Å²) in [6.07, 6.45) is 1.94. The van der Waals surface area contributed by atoms with Crippen molar-refractivity contribution < 1.29 is 0 Å². The second kappa shape index (κ2) is 4.99. The molecule has 1 aromatic carbocycles. The van der Waals surface area contributed by atoms with Crippen LogP contribution in [-0.2, 0) is 6.54 Å². The van der Waals surface area contributed by atoms with Gasteiger partial charge in [0.25, 0.3) is 0 Å². The van der Waals surface area contributed by atoms with Crippen LogP contribution >= 0.6 is 0 Å². The maximum absolute atomic E-state index is 3.90. The molecule has 0 saturated carbocycles. The minimum Gasteiger partial charge on any atom is -0.377 e. The van der Waals surface area contributed by atoms with Crippen molar-refractivity contribution in [3.05, 3.63) is 35.4 Å². The molecule has 82 valence electrons. The predicted octanol–water partition coefficient (Wildman–Crippen LogP) is 2.42. The van der Waals surface area contributed by atoms with Crippen molar-refractivity contribution >= 4 is 11.8 Å². The van der Waals surface area contributed by atoms with E-state index in [-0.39, 0.29) is 0 Å². The molecule has 0 amide bonds. The number of aryl methyl sites for hydroxylation is 1. The number of hydrogen-bond acceptors (Lipinski definition) is 2. The smallest absolute Gasteiger partial charge is 0.0437 e. The Bertz CT molecular complexity index is 354. The van der Waals surface area contributed by atoms with E-state index in [0.29, 0.717) is 0 Å². The summed E-state index contributed by atoms with van der Waals surface area (Å²) in [5.41, 5.74) is 5.10. The molecule has 1 rings (SSSR count). The number of hydrogen-bond donors (Lipinski definition) is 1. The SMILES string of the molecule is C=Cc1c(N(C)C)ccc(C)c1CNC. The van der Waals surface area contributed by atoms with Crippen LogP contribution in [0.25, 0.3) is 6.08 Å². The zero-order valence-corrected chi connectivity index (χ0v) is 10.1. The zero-order chi connectivity index (χ0) is 11.4. The summed E-state index contributed by atoms with van der Waals surface area (Å²) in [5, 5.41) is 3.20. The number of nitrogens with one attached hydrogen (secondary N) is 1. The third-order valence-electron chi connectivity index (χ3n) is 2.61. The van der Waals surface area contributed by atoms with Gasteiger partial charge in [-0.05, 0) is 31.2 Å². The van der Waals surface area contributed by atoms with Gasteiger partial charge in [-0.15, -0.1) is 0 Å². The highest BCUT2D eigenvalue weighted by Crippen LogP contribution is 2.26. The fraction of sp³-hybridized carbons (Fsp3) is 0.385. The first-order valence-electron chi connectivity index (χ1n) is 5.18. The molecule has 2 heteroatoms. The lowest BCUT2D eigenvalue weighted by Crippen LogP contribution is -2.14. The van der Waals surface area contributed by atoms with Crippen molar-refractivity contribution in [2.24, 2.45) is 0 Å². The molecule has 0 aliphatic rings. The molecule has 0 aromatic heterocycles. The van der Waals surface area contributed by atoms with Gasteiger partial charge in [0.15, 0.2) is 0 Å². The lowest BCUT2D eigenvalue weighted by atomic mass is 9.99. The predicted molar refractivity (Wildman–Crippen MR) is 68.4 cm³/mol. The van der Waals surface area contributed by atoms with Crippen LogP contribution in [0.15, 0.2) is 18.7 Å². The minimum atomic E-state index is 0.884. The van der Waals surface area contributed by atoms with Crippen molar-refractivity contribution in [1.29, 1.82) is 0 Å². The van der Waals surface area contributed by atoms with Gasteiger partial charge in [0.2, 0.25) is 0 Å². The first-order chi connectivity index (χ1) is 7.11. The first kappa shape index (κ1) is 11.8. The molecule has 1 aromatic rings. The van der Waals surface area contributed by atoms with Gasteiger partial charge >= 0.3 is 0 Å². The second-order valence-electron chi connectivity index (χ2n) is 3.92. The summed E-state index contributed by atoms with van der Waals surface area (Å²) in [4.78, 5) is 2.12. The van der Waals surface area contributed by atoms with Crippen LogP contribution in [0.5, 0.6) is 0 Å². The highest BCUT2D eigenvalue weighted by atomic mass is 15.1. The third kappa shape index (κ3) is 2.39. The minimum absolute atomic E-state index is 0.884. The summed E-state index contributed by atoms with van der Waals surface area (Å²) in [6.45, 7) is 6.93. The fourth-order valence-electron chi connectivity index (χ4n) is 1.79. The van der Waals surface area contributed by atoms with Crippen molar-refractivity contribution in [2.45, 2.75) is 13.5 Å². The molecule has 1 N–H and O–H groups in total. The topological polar surface area (TPSA) is 15.3 Å². The molecule has 0 heterocycles. The van der Waals surface area contributed by atoms with Gasteiger partial charge in [0, 0.05) is 31.9 Å². The molecule has 2 nitrogen and oxygen atoms in total. The average molecular weight is 204 g/mol. The Hall–Kier alpha value is -1.28. The molecule has 0 saturated heterocycles. The van der Waals surface area contributed by atoms with Crippen molar-refractivity contribution in [3.63, 3.8) is 0 Å². The molecule has 0 aliphatic carbocycles. The van der Waals surface area contributed by atoms with E-state index in [9.17, 15) is 0 Å². The molecule has 0 bridgehead atoms. The molecule has 0 unspecified atom stereocenters. The highest BCUT2D eigenvalue weighted by Gasteiger charge is 2.09. The third-order valence-corrected chi connectivity index (χ3v) is 2.61. The molecule has 0 aliphatic heterocycles. The van der Waals surface area contributed by atoms with Gasteiger partial charge < -0.3 is 10.2 Å². The first-order valence-corrected chi connectivity index (χ1v) is 5.18. The Balaban J connectivity index is 3.33. The highest BCUT2D eigenvalue weighted by molar-refractivity contribution is 5.70. The number of nitrogens with zero attached hydrogens (tertiary/aromatic N) is 1. The molecular weight excluding hydrogens is 184 g/mol. The number of rotatable bonds is 4. The van der Waals surface area contributed by atoms with Gasteiger partial charge in [0.1, 0.15) is 0 Å². The van der Waals surface area contributed by atoms with Crippen LogP contribution in [-0.4, -0.2) is 21.1 Å². The van der Waals surface area contributed by atoms with E-state index in [1.54, 1.807) is 0 Å². The van der Waals surface area contributed by atoms with Crippen LogP contribution in [0.4, 0.5) is 5.69 Å². The molecule has 15 heavy (non-hydrogen) atoms. The Morgan fingerprint density at radius 3 is 2.53 bits per heavy atom. The number of benzene rings is 1. The van der Waals surface area contributed by atoms with E-state index in [0.717, 1.165) is 6.54 Å². The van der Waals surface area contributed by atoms with Gasteiger partial charge in [-0.25, -0.2) is 0 Å². The van der Waals surface area contributed by atoms with Crippen LogP contribution in [0.1, 0.15) is 16.7 Å². The molecule has 0 radical (unpaired) electrons. The van der Waals surface area contributed by atoms with E-state index in [1.165, 1.54) is 22.4 Å². The maximum atomic E-state index is 3.90. The molecular formula is C13H20N2. The summed E-state index contributed by atoms with van der Waals surface area (Å²) in [6, 6.07) is 4.31. The quantitative estimate of drug-likeness (QED) is 0.810. The van der Waals surface area contributed by atoms with E-state index >= 15 is 0 Å². The van der Waals surface area contributed by atoms with Crippen LogP contribution < -0.4 is 10.2 Å². The normalized spacial score (nSPS) is 10.1. The lowest BCUT2D eigenvalue weighted by Gasteiger charge is -2.20. The van der Waals surface area contributed by atoms with E-state index in [1.807, 2.05) is 13.1 Å². The van der Waals surface area contributed by atoms with Crippen molar-refractivity contribution in [1.82, 2.24) is 5.32 Å². The van der Waals surface area contributed by atoms with Gasteiger partial charge in [0.05, 0.1) is 0 Å². The van der Waals surface area contributed by atoms with Crippen LogP contribution in [0.2, 0.25) is 0 Å². The standard InChI is InChI=1S/C13H20N2/c1-6-11-12(9-14-3)10(2)7-8-13(11)15(4)5/h6-8,14H,1,9H2,2-5H3. The van der Waals surface area contributed by atoms with E-state index in [2.05, 4.69) is 49.9 Å². The summed E-state index contributed by atoms with van der Waals surface area (Å²) < 4.78 is 0. The van der Waals surface area contributed by atoms with Gasteiger partial charge in [-0.3, -0.25) is 0 Å².